The van der Waals surface area contributed by atoms with Crippen molar-refractivity contribution in [2.75, 3.05) is 31.2 Å². The van der Waals surface area contributed by atoms with Gasteiger partial charge in [-0.25, -0.2) is 12.4 Å². The van der Waals surface area contributed by atoms with Crippen molar-refractivity contribution in [2.24, 2.45) is 0 Å². The molecule has 112 valence electrons. The van der Waals surface area contributed by atoms with E-state index < -0.39 is 10.0 Å². The molecular formula is C15H18N2O3S. The van der Waals surface area contributed by atoms with Crippen LogP contribution < -0.4 is 4.90 Å². The van der Waals surface area contributed by atoms with Crippen molar-refractivity contribution in [2.45, 2.75) is 11.8 Å². The maximum absolute atomic E-state index is 12.8. The van der Waals surface area contributed by atoms with Crippen LogP contribution in [0.1, 0.15) is 5.56 Å². The fourth-order valence-corrected chi connectivity index (χ4v) is 3.78. The van der Waals surface area contributed by atoms with Gasteiger partial charge in [-0.3, -0.25) is 0 Å². The van der Waals surface area contributed by atoms with Crippen molar-refractivity contribution in [3.8, 4) is 0 Å². The summed E-state index contributed by atoms with van der Waals surface area (Å²) in [6.45, 7) is 4.58. The van der Waals surface area contributed by atoms with Crippen LogP contribution in [0.4, 0.5) is 5.82 Å². The summed E-state index contributed by atoms with van der Waals surface area (Å²) in [5, 5.41) is 0. The monoisotopic (exact) mass is 306 g/mol. The molecule has 5 nitrogen and oxygen atoms in total. The molecule has 3 rings (SSSR count). The number of morpholine rings is 1. The van der Waals surface area contributed by atoms with E-state index in [1.807, 2.05) is 30.0 Å². The van der Waals surface area contributed by atoms with Gasteiger partial charge in [0.1, 0.15) is 5.82 Å². The highest BCUT2D eigenvalue weighted by Gasteiger charge is 2.23. The standard InChI is InChI=1S/C15H18N2O3S/c1-13-4-6-14(7-5-13)21(18,19)17-8-2-3-15(17)16-9-11-20-12-10-16/h2-8H,9-12H2,1H3. The second-order valence-corrected chi connectivity index (χ2v) is 6.89. The van der Waals surface area contributed by atoms with Crippen molar-refractivity contribution >= 4 is 15.8 Å². The summed E-state index contributed by atoms with van der Waals surface area (Å²) in [6.07, 6.45) is 1.60. The van der Waals surface area contributed by atoms with Crippen LogP contribution in [0.3, 0.4) is 0 Å². The zero-order valence-corrected chi connectivity index (χ0v) is 12.7. The lowest BCUT2D eigenvalue weighted by atomic mass is 10.2. The van der Waals surface area contributed by atoms with E-state index in [0.717, 1.165) is 5.56 Å². The van der Waals surface area contributed by atoms with Crippen LogP contribution in [0.25, 0.3) is 0 Å². The third-order valence-electron chi connectivity index (χ3n) is 3.61. The Kier molecular flexibility index (Phi) is 3.73. The largest absolute Gasteiger partial charge is 0.378 e. The van der Waals surface area contributed by atoms with Gasteiger partial charge >= 0.3 is 0 Å². The normalized spacial score (nSPS) is 16.1. The fourth-order valence-electron chi connectivity index (χ4n) is 2.42. The number of aryl methyl sites for hydroxylation is 1. The molecule has 2 heterocycles. The van der Waals surface area contributed by atoms with Crippen LogP contribution in [0.5, 0.6) is 0 Å². The highest BCUT2D eigenvalue weighted by molar-refractivity contribution is 7.90. The van der Waals surface area contributed by atoms with Crippen molar-refractivity contribution in [3.05, 3.63) is 48.2 Å². The summed E-state index contributed by atoms with van der Waals surface area (Å²) in [5.74, 6) is 0.693. The van der Waals surface area contributed by atoms with Gasteiger partial charge in [0.25, 0.3) is 10.0 Å². The molecule has 1 saturated heterocycles. The van der Waals surface area contributed by atoms with E-state index in [1.54, 1.807) is 24.4 Å². The highest BCUT2D eigenvalue weighted by atomic mass is 32.2. The van der Waals surface area contributed by atoms with Crippen LogP contribution in [0.2, 0.25) is 0 Å². The molecule has 21 heavy (non-hydrogen) atoms. The van der Waals surface area contributed by atoms with Gasteiger partial charge < -0.3 is 9.64 Å². The molecule has 0 unspecified atom stereocenters. The third-order valence-corrected chi connectivity index (χ3v) is 5.30. The van der Waals surface area contributed by atoms with Crippen molar-refractivity contribution in [1.82, 2.24) is 3.97 Å². The van der Waals surface area contributed by atoms with Gasteiger partial charge in [0.2, 0.25) is 0 Å². The number of rotatable bonds is 3. The maximum atomic E-state index is 12.8. The number of aromatic nitrogens is 1. The van der Waals surface area contributed by atoms with Crippen LogP contribution in [0, 0.1) is 6.92 Å². The molecule has 0 spiro atoms. The molecule has 0 aliphatic carbocycles. The van der Waals surface area contributed by atoms with Crippen LogP contribution in [-0.4, -0.2) is 38.7 Å². The third kappa shape index (κ3) is 2.69. The molecule has 0 radical (unpaired) electrons. The van der Waals surface area contributed by atoms with Crippen molar-refractivity contribution < 1.29 is 13.2 Å². The lowest BCUT2D eigenvalue weighted by Crippen LogP contribution is -2.38. The molecule has 1 aliphatic rings. The zero-order chi connectivity index (χ0) is 14.9. The molecule has 0 saturated carbocycles. The maximum Gasteiger partial charge on any atom is 0.269 e. The Bertz CT molecular complexity index is 714. The van der Waals surface area contributed by atoms with Gasteiger partial charge in [-0.2, -0.15) is 0 Å². The predicted octanol–water partition coefficient (Wildman–Crippen LogP) is 1.87. The molecule has 0 atom stereocenters. The first-order valence-corrected chi connectivity index (χ1v) is 8.35. The lowest BCUT2D eigenvalue weighted by molar-refractivity contribution is 0.122. The van der Waals surface area contributed by atoms with E-state index >= 15 is 0 Å². The van der Waals surface area contributed by atoms with Crippen LogP contribution in [-0.2, 0) is 14.8 Å². The zero-order valence-electron chi connectivity index (χ0n) is 11.9. The highest BCUT2D eigenvalue weighted by Crippen LogP contribution is 2.23. The molecule has 1 aliphatic heterocycles. The second kappa shape index (κ2) is 5.54. The molecule has 1 aromatic heterocycles. The Balaban J connectivity index is 2.00. The average molecular weight is 306 g/mol. The van der Waals surface area contributed by atoms with E-state index in [4.69, 9.17) is 4.74 Å². The Morgan fingerprint density at radius 1 is 1.05 bits per heavy atom. The Labute approximate surface area is 124 Å². The molecule has 1 aromatic carbocycles. The van der Waals surface area contributed by atoms with E-state index in [9.17, 15) is 8.42 Å². The molecular weight excluding hydrogens is 288 g/mol. The first kappa shape index (κ1) is 14.2. The predicted molar refractivity (Wildman–Crippen MR) is 81.2 cm³/mol. The molecule has 0 N–H and O–H groups in total. The quantitative estimate of drug-likeness (QED) is 0.869. The van der Waals surface area contributed by atoms with Crippen LogP contribution in [0.15, 0.2) is 47.5 Å². The summed E-state index contributed by atoms with van der Waals surface area (Å²) >= 11 is 0. The number of nitrogens with zero attached hydrogens (tertiary/aromatic N) is 2. The van der Waals surface area contributed by atoms with Gasteiger partial charge in [-0.05, 0) is 31.2 Å². The Morgan fingerprint density at radius 3 is 2.38 bits per heavy atom. The summed E-state index contributed by atoms with van der Waals surface area (Å²) in [6, 6.07) is 10.5. The molecule has 6 heteroatoms. The number of benzene rings is 1. The first-order valence-electron chi connectivity index (χ1n) is 6.91. The number of hydrogen-bond donors (Lipinski definition) is 0. The summed E-state index contributed by atoms with van der Waals surface area (Å²) in [4.78, 5) is 2.34. The van der Waals surface area contributed by atoms with E-state index in [2.05, 4.69) is 0 Å². The van der Waals surface area contributed by atoms with Gasteiger partial charge in [-0.15, -0.1) is 0 Å². The van der Waals surface area contributed by atoms with E-state index in [-0.39, 0.29) is 0 Å². The van der Waals surface area contributed by atoms with Gasteiger partial charge in [0, 0.05) is 19.3 Å². The SMILES string of the molecule is Cc1ccc(S(=O)(=O)n2cccc2N2CCOCC2)cc1. The Morgan fingerprint density at radius 2 is 1.71 bits per heavy atom. The smallest absolute Gasteiger partial charge is 0.269 e. The topological polar surface area (TPSA) is 51.5 Å². The van der Waals surface area contributed by atoms with Gasteiger partial charge in [0.05, 0.1) is 18.1 Å². The second-order valence-electron chi connectivity index (χ2n) is 5.08. The fraction of sp³-hybridized carbons (Fsp3) is 0.333. The minimum Gasteiger partial charge on any atom is -0.378 e. The first-order chi connectivity index (χ1) is 10.1. The van der Waals surface area contributed by atoms with Gasteiger partial charge in [-0.1, -0.05) is 17.7 Å². The number of anilines is 1. The van der Waals surface area contributed by atoms with Crippen molar-refractivity contribution in [3.63, 3.8) is 0 Å². The van der Waals surface area contributed by atoms with Crippen molar-refractivity contribution in [1.29, 1.82) is 0 Å². The van der Waals surface area contributed by atoms with E-state index in [1.165, 1.54) is 3.97 Å². The molecule has 2 aromatic rings. The molecule has 1 fully saturated rings. The summed E-state index contributed by atoms with van der Waals surface area (Å²) in [5.41, 5.74) is 1.04. The van der Waals surface area contributed by atoms with E-state index in [0.29, 0.717) is 37.0 Å². The summed E-state index contributed by atoms with van der Waals surface area (Å²) < 4.78 is 32.2. The minimum atomic E-state index is -3.56. The van der Waals surface area contributed by atoms with Gasteiger partial charge in [0.15, 0.2) is 0 Å². The number of hydrogen-bond acceptors (Lipinski definition) is 4. The summed E-state index contributed by atoms with van der Waals surface area (Å²) in [7, 11) is -3.56. The lowest BCUT2D eigenvalue weighted by Gasteiger charge is -2.29. The molecule has 0 amide bonds. The number of ether oxygens (including phenoxy) is 1. The average Bonchev–Trinajstić information content (AvgIpc) is 2.99. The minimum absolute atomic E-state index is 0.304. The van der Waals surface area contributed by atoms with Crippen LogP contribution >= 0.6 is 0 Å². The Hall–Kier alpha value is -1.79. The molecule has 0 bridgehead atoms.